The van der Waals surface area contributed by atoms with E-state index in [1.54, 1.807) is 0 Å². The zero-order valence-corrected chi connectivity index (χ0v) is 9.08. The Balaban J connectivity index is 2.22. The summed E-state index contributed by atoms with van der Waals surface area (Å²) in [6.07, 6.45) is 0. The molecule has 1 saturated heterocycles. The van der Waals surface area contributed by atoms with Crippen LogP contribution in [0.1, 0.15) is 0 Å². The molecule has 1 aliphatic heterocycles. The van der Waals surface area contributed by atoms with Gasteiger partial charge in [-0.05, 0) is 0 Å². The zero-order valence-electron chi connectivity index (χ0n) is 4.14. The minimum absolute atomic E-state index is 0.506. The van der Waals surface area contributed by atoms with Gasteiger partial charge in [-0.25, -0.2) is 0 Å². The third-order valence-corrected chi connectivity index (χ3v) is 11.0. The molecule has 1 fully saturated rings. The topological polar surface area (TPSA) is 0 Å². The molecule has 1 aliphatic rings. The number of hydrogen-bond acceptors (Lipinski definition) is 0. The van der Waals surface area contributed by atoms with Gasteiger partial charge in [-0.1, -0.05) is 0 Å². The molecule has 0 N–H and O–H groups in total. The van der Waals surface area contributed by atoms with Crippen LogP contribution in [0.2, 0.25) is 9.03 Å². The van der Waals surface area contributed by atoms with Crippen LogP contribution in [0.5, 0.6) is 0 Å². The number of rotatable bonds is 1. The molecule has 0 aromatic heterocycles. The van der Waals surface area contributed by atoms with Crippen molar-refractivity contribution in [2.75, 3.05) is 5.88 Å². The van der Waals surface area contributed by atoms with Crippen LogP contribution >= 0.6 is 23.2 Å². The van der Waals surface area contributed by atoms with Crippen molar-refractivity contribution in [2.24, 2.45) is 0 Å². The fourth-order valence-corrected chi connectivity index (χ4v) is 10.1. The summed E-state index contributed by atoms with van der Waals surface area (Å²) >= 11 is 12.9. The Bertz CT molecular complexity index is 78.4. The first-order chi connectivity index (χ1) is 3.83. The fraction of sp³-hybridized carbons (Fsp3) is 1.00. The van der Waals surface area contributed by atoms with E-state index in [9.17, 15) is 0 Å². The second-order valence-electron chi connectivity index (χ2n) is 1.46. The Hall–Kier alpha value is 1.62. The predicted molar refractivity (Wildman–Crippen MR) is 40.4 cm³/mol. The second kappa shape index (κ2) is 3.71. The first-order valence-electron chi connectivity index (χ1n) is 2.30. The molecule has 8 heavy (non-hydrogen) atoms. The van der Waals surface area contributed by atoms with Crippen LogP contribution in [0.3, 0.4) is 0 Å². The molecule has 0 saturated carbocycles. The van der Waals surface area contributed by atoms with E-state index in [1.165, 1.54) is 5.32 Å². The van der Waals surface area contributed by atoms with Gasteiger partial charge in [-0.3, -0.25) is 0 Å². The summed E-state index contributed by atoms with van der Waals surface area (Å²) in [6.45, 7) is 0. The molecule has 0 radical (unpaired) electrons. The van der Waals surface area contributed by atoms with E-state index in [4.69, 9.17) is 23.2 Å². The van der Waals surface area contributed by atoms with Gasteiger partial charge in [0.05, 0.1) is 0 Å². The predicted octanol–water partition coefficient (Wildman–Crippen LogP) is 1.38. The quantitative estimate of drug-likeness (QED) is 0.504. The van der Waals surface area contributed by atoms with Gasteiger partial charge in [0.15, 0.2) is 0 Å². The number of hydrogen-bond donors (Lipinski definition) is 0. The molecule has 0 aliphatic carbocycles. The average molecular weight is 283 g/mol. The van der Waals surface area contributed by atoms with E-state index >= 15 is 0 Å². The first kappa shape index (κ1) is 7.72. The molecule has 2 unspecified atom stereocenters. The van der Waals surface area contributed by atoms with Crippen LogP contribution in [-0.2, 0) is 0 Å². The van der Waals surface area contributed by atoms with E-state index in [0.717, 1.165) is 24.6 Å². The van der Waals surface area contributed by atoms with Crippen molar-refractivity contribution >= 4 is 53.1 Å². The van der Waals surface area contributed by atoms with Crippen LogP contribution in [0, 0.1) is 0 Å². The van der Waals surface area contributed by atoms with Gasteiger partial charge in [0.25, 0.3) is 0 Å². The van der Waals surface area contributed by atoms with Crippen LogP contribution in [0.25, 0.3) is 0 Å². The van der Waals surface area contributed by atoms with Gasteiger partial charge in [-0.2, -0.15) is 0 Å². The summed E-state index contributed by atoms with van der Waals surface area (Å²) in [5.74, 6) is 0.850. The maximum atomic E-state index is 5.87. The first-order valence-corrected chi connectivity index (χ1v) is 7.45. The van der Waals surface area contributed by atoms with Gasteiger partial charge >= 0.3 is 72.3 Å². The summed E-state index contributed by atoms with van der Waals surface area (Å²) in [5, 5.41) is 1.26. The molecule has 0 nitrogen and oxygen atoms in total. The third kappa shape index (κ3) is 2.10. The van der Waals surface area contributed by atoms with Gasteiger partial charge in [-0.15, -0.1) is 0 Å². The SMILES string of the molecule is ClCC1[Se]CC(Cl)[Se]1. The van der Waals surface area contributed by atoms with Crippen molar-refractivity contribution in [1.82, 2.24) is 0 Å². The molecule has 0 amide bonds. The van der Waals surface area contributed by atoms with Crippen LogP contribution in [-0.4, -0.2) is 40.1 Å². The monoisotopic (exact) mass is 284 g/mol. The van der Waals surface area contributed by atoms with Gasteiger partial charge in [0, 0.05) is 0 Å². The minimum atomic E-state index is 0.506. The number of alkyl halides is 2. The second-order valence-corrected chi connectivity index (χ2v) is 9.95. The summed E-state index contributed by atoms with van der Waals surface area (Å²) < 4.78 is 1.34. The zero-order chi connectivity index (χ0) is 5.98. The Labute approximate surface area is 72.0 Å². The van der Waals surface area contributed by atoms with Crippen LogP contribution < -0.4 is 0 Å². The molecule has 1 rings (SSSR count). The fourth-order valence-electron chi connectivity index (χ4n) is 0.507. The molecule has 48 valence electrons. The van der Waals surface area contributed by atoms with E-state index in [0.29, 0.717) is 19.2 Å². The third-order valence-electron chi connectivity index (χ3n) is 0.839. The Kier molecular flexibility index (Phi) is 3.58. The van der Waals surface area contributed by atoms with E-state index < -0.39 is 0 Å². The van der Waals surface area contributed by atoms with Crippen LogP contribution in [0.4, 0.5) is 0 Å². The molecular weight excluding hydrogens is 277 g/mol. The molecular formula is C4H6Cl2Se2. The molecule has 0 aromatic carbocycles. The Morgan fingerprint density at radius 2 is 2.38 bits per heavy atom. The normalized spacial score (nSPS) is 38.2. The molecule has 0 aromatic rings. The van der Waals surface area contributed by atoms with E-state index in [-0.39, 0.29) is 0 Å². The van der Waals surface area contributed by atoms with Crippen LogP contribution in [0.15, 0.2) is 0 Å². The standard InChI is InChI=1S/C4H6Cl2Se2/c5-1-4-7-2-3(6)8-4/h3-4H,1-2H2. The Morgan fingerprint density at radius 3 is 2.62 bits per heavy atom. The van der Waals surface area contributed by atoms with Gasteiger partial charge in [0.2, 0.25) is 0 Å². The summed E-state index contributed by atoms with van der Waals surface area (Å²) in [6, 6.07) is 0. The van der Waals surface area contributed by atoms with Crippen molar-refractivity contribution < 1.29 is 0 Å². The average Bonchev–Trinajstić information content (AvgIpc) is 2.14. The molecule has 0 spiro atoms. The Morgan fingerprint density at radius 1 is 1.62 bits per heavy atom. The van der Waals surface area contributed by atoms with E-state index in [1.807, 2.05) is 0 Å². The summed E-state index contributed by atoms with van der Waals surface area (Å²) in [7, 11) is 0. The van der Waals surface area contributed by atoms with Gasteiger partial charge in [0.1, 0.15) is 0 Å². The van der Waals surface area contributed by atoms with Crippen molar-refractivity contribution in [3.05, 3.63) is 0 Å². The van der Waals surface area contributed by atoms with Crippen molar-refractivity contribution in [2.45, 2.75) is 13.3 Å². The maximum absolute atomic E-state index is 5.87. The van der Waals surface area contributed by atoms with Crippen molar-refractivity contribution in [3.63, 3.8) is 0 Å². The molecule has 1 heterocycles. The van der Waals surface area contributed by atoms with E-state index in [2.05, 4.69) is 0 Å². The molecule has 0 bridgehead atoms. The van der Waals surface area contributed by atoms with Crippen molar-refractivity contribution in [3.8, 4) is 0 Å². The molecule has 2 atom stereocenters. The summed E-state index contributed by atoms with van der Waals surface area (Å²) in [5.41, 5.74) is 0. The molecule has 4 heteroatoms. The van der Waals surface area contributed by atoms with Gasteiger partial charge < -0.3 is 0 Å². The van der Waals surface area contributed by atoms with Crippen molar-refractivity contribution in [1.29, 1.82) is 0 Å². The number of halogens is 2. The summed E-state index contributed by atoms with van der Waals surface area (Å²) in [4.78, 5) is 0.